The zero-order valence-corrected chi connectivity index (χ0v) is 26.2. The summed E-state index contributed by atoms with van der Waals surface area (Å²) < 4.78 is 60.8. The zero-order valence-electron chi connectivity index (χ0n) is 25.4. The second kappa shape index (κ2) is 11.9. The van der Waals surface area contributed by atoms with E-state index in [9.17, 15) is 32.7 Å². The molecule has 1 fully saturated rings. The first-order valence-corrected chi connectivity index (χ1v) is 15.4. The van der Waals surface area contributed by atoms with Gasteiger partial charge in [0.25, 0.3) is 5.91 Å². The highest BCUT2D eigenvalue weighted by Gasteiger charge is 2.65. The van der Waals surface area contributed by atoms with Crippen molar-refractivity contribution in [1.29, 1.82) is 0 Å². The third-order valence-corrected chi connectivity index (χ3v) is 9.51. The molecule has 2 aliphatic carbocycles. The molecule has 0 saturated heterocycles. The van der Waals surface area contributed by atoms with Gasteiger partial charge in [0.15, 0.2) is 0 Å². The number of amides is 1. The molecule has 2 aromatic heterocycles. The van der Waals surface area contributed by atoms with E-state index in [0.29, 0.717) is 24.9 Å². The van der Waals surface area contributed by atoms with Gasteiger partial charge in [-0.3, -0.25) is 14.3 Å². The van der Waals surface area contributed by atoms with Crippen molar-refractivity contribution in [3.8, 4) is 11.3 Å². The van der Waals surface area contributed by atoms with E-state index in [1.807, 2.05) is 6.20 Å². The summed E-state index contributed by atoms with van der Waals surface area (Å²) in [7, 11) is 3.46. The summed E-state index contributed by atoms with van der Waals surface area (Å²) in [6, 6.07) is 7.21. The van der Waals surface area contributed by atoms with Crippen LogP contribution in [-0.2, 0) is 36.5 Å². The number of carboxylic acids is 1. The minimum absolute atomic E-state index is 0.0170. The van der Waals surface area contributed by atoms with Crippen molar-refractivity contribution >= 4 is 29.4 Å². The molecule has 2 heterocycles. The van der Waals surface area contributed by atoms with Crippen LogP contribution in [0, 0.1) is 11.7 Å². The topological polar surface area (TPSA) is 110 Å². The summed E-state index contributed by atoms with van der Waals surface area (Å²) in [5.74, 6) is -3.94. The largest absolute Gasteiger partial charge is 0.478 e. The van der Waals surface area contributed by atoms with Crippen molar-refractivity contribution in [2.45, 2.75) is 50.1 Å². The number of benzene rings is 2. The van der Waals surface area contributed by atoms with E-state index in [0.717, 1.165) is 16.3 Å². The Labute approximate surface area is 271 Å². The van der Waals surface area contributed by atoms with E-state index in [1.165, 1.54) is 30.3 Å². The van der Waals surface area contributed by atoms with E-state index >= 15 is 4.39 Å². The number of hydrogen-bond donors (Lipinski definition) is 1. The first-order chi connectivity index (χ1) is 22.2. The van der Waals surface area contributed by atoms with Gasteiger partial charge in [0.2, 0.25) is 5.91 Å². The first kappa shape index (κ1) is 32.4. The predicted octanol–water partition coefficient (Wildman–Crippen LogP) is 5.86. The van der Waals surface area contributed by atoms with Crippen LogP contribution in [0.4, 0.5) is 17.6 Å². The van der Waals surface area contributed by atoms with Gasteiger partial charge in [-0.2, -0.15) is 28.1 Å². The fourth-order valence-electron chi connectivity index (χ4n) is 6.44. The molecule has 0 bridgehead atoms. The zero-order chi connectivity index (χ0) is 33.8. The van der Waals surface area contributed by atoms with Crippen LogP contribution in [0.25, 0.3) is 11.3 Å². The molecule has 4 aromatic rings. The van der Waals surface area contributed by atoms with E-state index in [1.54, 1.807) is 29.9 Å². The highest BCUT2D eigenvalue weighted by atomic mass is 35.5. The average Bonchev–Trinajstić information content (AvgIpc) is 3.63. The van der Waals surface area contributed by atoms with E-state index in [-0.39, 0.29) is 70.3 Å². The lowest BCUT2D eigenvalue weighted by molar-refractivity contribution is -0.160. The Morgan fingerprint density at radius 1 is 1.17 bits per heavy atom. The maximum absolute atomic E-state index is 15.4. The molecular weight excluding hydrogens is 642 g/mol. The summed E-state index contributed by atoms with van der Waals surface area (Å²) in [6.07, 6.45) is -0.329. The van der Waals surface area contributed by atoms with Crippen molar-refractivity contribution < 1.29 is 37.1 Å². The van der Waals surface area contributed by atoms with Gasteiger partial charge in [-0.15, -0.1) is 0 Å². The molecule has 1 saturated carbocycles. The minimum Gasteiger partial charge on any atom is -0.478 e. The van der Waals surface area contributed by atoms with E-state index < -0.39 is 35.2 Å². The predicted molar refractivity (Wildman–Crippen MR) is 163 cm³/mol. The van der Waals surface area contributed by atoms with Gasteiger partial charge in [-0.25, -0.2) is 9.18 Å². The number of aromatic carboxylic acids is 1. The van der Waals surface area contributed by atoms with Crippen LogP contribution >= 0.6 is 11.6 Å². The van der Waals surface area contributed by atoms with Gasteiger partial charge in [0, 0.05) is 50.3 Å². The number of aryl methyl sites for hydroxylation is 1. The van der Waals surface area contributed by atoms with Gasteiger partial charge < -0.3 is 10.0 Å². The van der Waals surface area contributed by atoms with Crippen LogP contribution in [0.2, 0.25) is 5.02 Å². The van der Waals surface area contributed by atoms with Gasteiger partial charge in [-0.1, -0.05) is 23.7 Å². The summed E-state index contributed by atoms with van der Waals surface area (Å²) in [5.41, 5.74) is -1.51. The normalized spacial score (nSPS) is 16.9. The van der Waals surface area contributed by atoms with E-state index in [4.69, 9.17) is 11.6 Å². The van der Waals surface area contributed by atoms with Crippen LogP contribution in [0.3, 0.4) is 0 Å². The smallest absolute Gasteiger partial charge is 0.398 e. The number of aromatic nitrogens is 4. The molecule has 47 heavy (non-hydrogen) atoms. The van der Waals surface area contributed by atoms with Crippen molar-refractivity contribution in [2.24, 2.45) is 13.0 Å². The lowest BCUT2D eigenvalue weighted by atomic mass is 9.84. The van der Waals surface area contributed by atoms with Gasteiger partial charge in [0.1, 0.15) is 5.82 Å². The second-order valence-electron chi connectivity index (χ2n) is 12.2. The number of likely N-dealkylation sites (N-methyl/N-ethyl adjacent to an activating group) is 1. The third-order valence-electron chi connectivity index (χ3n) is 9.19. The monoisotopic (exact) mass is 671 g/mol. The SMILES string of the molecule is CN(CCc1cnn(C)c1)C(=O)[C@H]1CCc2c(-c3ccc(C(=O)O)cc3F)nn(C(=O)c3c(Cl)cccc3C3(C(F)(F)F)CC3)c2C1. The quantitative estimate of drug-likeness (QED) is 0.235. The molecule has 1 amide bonds. The molecular formula is C33H30ClF4N5O4. The molecule has 246 valence electrons. The fourth-order valence-corrected chi connectivity index (χ4v) is 6.70. The number of alkyl halides is 3. The van der Waals surface area contributed by atoms with Crippen LogP contribution in [0.15, 0.2) is 48.8 Å². The fraction of sp³-hybridized carbons (Fsp3) is 0.364. The molecule has 0 radical (unpaired) electrons. The molecule has 0 aliphatic heterocycles. The van der Waals surface area contributed by atoms with Gasteiger partial charge in [0.05, 0.1) is 39.1 Å². The Morgan fingerprint density at radius 3 is 2.53 bits per heavy atom. The van der Waals surface area contributed by atoms with Crippen LogP contribution in [-0.4, -0.2) is 67.1 Å². The molecule has 2 aromatic carbocycles. The number of halogens is 5. The van der Waals surface area contributed by atoms with Crippen LogP contribution < -0.4 is 0 Å². The molecule has 2 aliphatic rings. The Bertz CT molecular complexity index is 1910. The second-order valence-corrected chi connectivity index (χ2v) is 12.6. The standard InChI is InChI=1S/C33H30ClF4N5O4/c1-41(13-10-18-16-39-42(2)17-18)29(44)19-6-9-22-26(15-19)43(40-28(22)21-8-7-20(31(46)47)14-25(21)35)30(45)27-23(4-3-5-24(27)34)32(11-12-32)33(36,37)38/h3-5,7-8,14,16-17,19H,6,9-13,15H2,1-2H3,(H,46,47)/t19-/m0/s1. The highest BCUT2D eigenvalue weighted by Crippen LogP contribution is 2.60. The number of rotatable bonds is 8. The van der Waals surface area contributed by atoms with Crippen molar-refractivity contribution in [2.75, 3.05) is 13.6 Å². The lowest BCUT2D eigenvalue weighted by Crippen LogP contribution is -2.37. The number of carboxylic acid groups (broad SMARTS) is 1. The van der Waals surface area contributed by atoms with E-state index in [2.05, 4.69) is 10.2 Å². The van der Waals surface area contributed by atoms with Crippen molar-refractivity contribution in [3.63, 3.8) is 0 Å². The van der Waals surface area contributed by atoms with Crippen molar-refractivity contribution in [3.05, 3.63) is 93.1 Å². The third kappa shape index (κ3) is 5.81. The van der Waals surface area contributed by atoms with Crippen molar-refractivity contribution in [1.82, 2.24) is 24.5 Å². The molecule has 1 N–H and O–H groups in total. The number of carbonyl (C=O) groups excluding carboxylic acids is 2. The number of fused-ring (bicyclic) bond motifs is 1. The number of carbonyl (C=O) groups is 3. The Hall–Kier alpha value is -4.52. The molecule has 14 heteroatoms. The maximum atomic E-state index is 15.4. The van der Waals surface area contributed by atoms with Crippen LogP contribution in [0.1, 0.15) is 62.4 Å². The molecule has 6 rings (SSSR count). The average molecular weight is 672 g/mol. The summed E-state index contributed by atoms with van der Waals surface area (Å²) in [5, 5.41) is 17.7. The first-order valence-electron chi connectivity index (χ1n) is 15.0. The number of nitrogens with zero attached hydrogens (tertiary/aromatic N) is 5. The molecule has 0 unspecified atom stereocenters. The van der Waals surface area contributed by atoms with Gasteiger partial charge >= 0.3 is 12.1 Å². The highest BCUT2D eigenvalue weighted by molar-refractivity contribution is 6.34. The summed E-state index contributed by atoms with van der Waals surface area (Å²) >= 11 is 6.43. The van der Waals surface area contributed by atoms with Gasteiger partial charge in [-0.05, 0) is 67.5 Å². The number of hydrogen-bond acceptors (Lipinski definition) is 5. The molecule has 9 nitrogen and oxygen atoms in total. The molecule has 1 atom stereocenters. The minimum atomic E-state index is -4.63. The Morgan fingerprint density at radius 2 is 1.91 bits per heavy atom. The molecule has 0 spiro atoms. The maximum Gasteiger partial charge on any atom is 0.398 e. The Kier molecular flexibility index (Phi) is 8.23. The summed E-state index contributed by atoms with van der Waals surface area (Å²) in [6.45, 7) is 0.404. The Balaban J connectivity index is 1.40. The lowest BCUT2D eigenvalue weighted by Gasteiger charge is -2.27. The summed E-state index contributed by atoms with van der Waals surface area (Å²) in [4.78, 5) is 40.9. The van der Waals surface area contributed by atoms with Crippen LogP contribution in [0.5, 0.6) is 0 Å².